The molecule has 0 saturated heterocycles. The average molecular weight is 224 g/mol. The Bertz CT molecular complexity index is 286. The van der Waals surface area contributed by atoms with E-state index >= 15 is 0 Å². The Labute approximate surface area is 79.1 Å². The highest BCUT2D eigenvalue weighted by Gasteiger charge is 2.06. The van der Waals surface area contributed by atoms with Gasteiger partial charge in [-0.05, 0) is 0 Å². The van der Waals surface area contributed by atoms with Crippen LogP contribution in [0.25, 0.3) is 0 Å². The van der Waals surface area contributed by atoms with Crippen LogP contribution < -0.4 is 0 Å². The summed E-state index contributed by atoms with van der Waals surface area (Å²) >= 11 is 0. The lowest BCUT2D eigenvalue weighted by Crippen LogP contribution is -2.26. The summed E-state index contributed by atoms with van der Waals surface area (Å²) in [5.74, 6) is 0. The molecule has 80 valence electrons. The molecular formula is C5H9N2O6P. The molecule has 0 saturated carbocycles. The fourth-order valence-electron chi connectivity index (χ4n) is 0.518. The van der Waals surface area contributed by atoms with Gasteiger partial charge in [0.1, 0.15) is 0 Å². The van der Waals surface area contributed by atoms with Crippen LogP contribution in [-0.2, 0) is 4.57 Å². The topological polar surface area (TPSA) is 131 Å². The summed E-state index contributed by atoms with van der Waals surface area (Å²) in [4.78, 5) is 36.6. The summed E-state index contributed by atoms with van der Waals surface area (Å²) in [5.41, 5.74) is 0. The number of aliphatic imine (C=N–C) groups is 1. The van der Waals surface area contributed by atoms with Crippen molar-refractivity contribution in [2.45, 2.75) is 0 Å². The maximum atomic E-state index is 10.2. The van der Waals surface area contributed by atoms with Gasteiger partial charge in [-0.3, -0.25) is 9.89 Å². The molecule has 0 atom stereocenters. The van der Waals surface area contributed by atoms with Gasteiger partial charge in [0.2, 0.25) is 0 Å². The molecule has 0 aromatic rings. The van der Waals surface area contributed by atoms with Crippen molar-refractivity contribution in [2.75, 3.05) is 6.54 Å². The van der Waals surface area contributed by atoms with Crippen LogP contribution in [-0.4, -0.2) is 43.5 Å². The van der Waals surface area contributed by atoms with Crippen molar-refractivity contribution in [3.05, 3.63) is 12.4 Å². The van der Waals surface area contributed by atoms with Gasteiger partial charge in [-0.15, -0.1) is 0 Å². The van der Waals surface area contributed by atoms with Crippen LogP contribution in [0, 0.1) is 0 Å². The van der Waals surface area contributed by atoms with Crippen molar-refractivity contribution in [3.8, 4) is 0 Å². The third-order valence-corrected chi connectivity index (χ3v) is 0.962. The average Bonchev–Trinajstić information content (AvgIpc) is 2.03. The molecule has 1 aliphatic rings. The molecule has 9 heteroatoms. The first-order chi connectivity index (χ1) is 6.30. The fourth-order valence-corrected chi connectivity index (χ4v) is 0.518. The number of carbonyl (C=O) groups is 1. The van der Waals surface area contributed by atoms with Crippen LogP contribution >= 0.6 is 7.82 Å². The monoisotopic (exact) mass is 224 g/mol. The van der Waals surface area contributed by atoms with Crippen molar-refractivity contribution < 1.29 is 29.1 Å². The number of hydrogen-bond donors (Lipinski definition) is 4. The van der Waals surface area contributed by atoms with Gasteiger partial charge in [0, 0.05) is 18.6 Å². The van der Waals surface area contributed by atoms with Crippen LogP contribution in [0.2, 0.25) is 0 Å². The van der Waals surface area contributed by atoms with Gasteiger partial charge in [0.15, 0.2) is 0 Å². The zero-order valence-corrected chi connectivity index (χ0v) is 7.78. The van der Waals surface area contributed by atoms with Gasteiger partial charge >= 0.3 is 13.9 Å². The van der Waals surface area contributed by atoms with Gasteiger partial charge in [0.05, 0.1) is 6.54 Å². The summed E-state index contributed by atoms with van der Waals surface area (Å²) in [6.45, 7) is 0.353. The quantitative estimate of drug-likeness (QED) is 0.414. The zero-order chi connectivity index (χ0) is 11.2. The molecule has 1 aliphatic heterocycles. The molecule has 0 spiro atoms. The third kappa shape index (κ3) is 8.88. The van der Waals surface area contributed by atoms with Crippen molar-refractivity contribution >= 4 is 20.1 Å². The molecule has 1 heterocycles. The second-order valence-electron chi connectivity index (χ2n) is 2.08. The Morgan fingerprint density at radius 2 is 1.93 bits per heavy atom. The minimum absolute atomic E-state index is 0.353. The lowest BCUT2D eigenvalue weighted by molar-refractivity contribution is 0.167. The summed E-state index contributed by atoms with van der Waals surface area (Å²) in [7, 11) is -4.64. The minimum atomic E-state index is -4.64. The molecular weight excluding hydrogens is 215 g/mol. The number of carboxylic acid groups (broad SMARTS) is 1. The maximum absolute atomic E-state index is 10.2. The van der Waals surface area contributed by atoms with Crippen LogP contribution in [0.3, 0.4) is 0 Å². The molecule has 0 bridgehead atoms. The highest BCUT2D eigenvalue weighted by molar-refractivity contribution is 7.45. The number of rotatable bonds is 0. The molecule has 4 N–H and O–H groups in total. The van der Waals surface area contributed by atoms with E-state index in [-0.39, 0.29) is 0 Å². The predicted octanol–water partition coefficient (Wildman–Crippen LogP) is -0.407. The number of phosphoric acid groups is 1. The summed E-state index contributed by atoms with van der Waals surface area (Å²) in [6.07, 6.45) is 3.45. The van der Waals surface area contributed by atoms with Gasteiger partial charge in [-0.25, -0.2) is 9.36 Å². The van der Waals surface area contributed by atoms with Crippen molar-refractivity contribution in [1.29, 1.82) is 0 Å². The van der Waals surface area contributed by atoms with E-state index in [4.69, 9.17) is 24.4 Å². The largest absolute Gasteiger partial charge is 0.466 e. The SMILES string of the molecule is O=C(O)N1C=CN=CC1.O=P(O)(O)O. The molecule has 1 rings (SSSR count). The van der Waals surface area contributed by atoms with E-state index in [0.717, 1.165) is 4.90 Å². The smallest absolute Gasteiger partial charge is 0.465 e. The predicted molar refractivity (Wildman–Crippen MR) is 46.6 cm³/mol. The second-order valence-corrected chi connectivity index (χ2v) is 3.10. The summed E-state index contributed by atoms with van der Waals surface area (Å²) in [5, 5.41) is 8.35. The van der Waals surface area contributed by atoms with E-state index < -0.39 is 13.9 Å². The Morgan fingerprint density at radius 1 is 1.43 bits per heavy atom. The summed E-state index contributed by atoms with van der Waals surface area (Å²) < 4.78 is 8.88. The zero-order valence-electron chi connectivity index (χ0n) is 6.89. The molecule has 8 nitrogen and oxygen atoms in total. The Morgan fingerprint density at radius 3 is 2.14 bits per heavy atom. The molecule has 0 unspecified atom stereocenters. The highest BCUT2D eigenvalue weighted by atomic mass is 31.2. The molecule has 14 heavy (non-hydrogen) atoms. The highest BCUT2D eigenvalue weighted by Crippen LogP contribution is 2.25. The lowest BCUT2D eigenvalue weighted by Gasteiger charge is -2.11. The number of hydrogen-bond acceptors (Lipinski definition) is 3. The molecule has 0 radical (unpaired) electrons. The van der Waals surface area contributed by atoms with E-state index in [2.05, 4.69) is 4.99 Å². The van der Waals surface area contributed by atoms with E-state index in [1.165, 1.54) is 18.6 Å². The second kappa shape index (κ2) is 5.51. The van der Waals surface area contributed by atoms with Crippen LogP contribution in [0.15, 0.2) is 17.4 Å². The molecule has 0 aromatic heterocycles. The third-order valence-electron chi connectivity index (χ3n) is 0.962. The number of amides is 1. The molecule has 0 aliphatic carbocycles. The normalized spacial score (nSPS) is 14.6. The number of nitrogens with zero attached hydrogens (tertiary/aromatic N) is 2. The first-order valence-electron chi connectivity index (χ1n) is 3.27. The van der Waals surface area contributed by atoms with Gasteiger partial charge in [-0.1, -0.05) is 0 Å². The van der Waals surface area contributed by atoms with Crippen molar-refractivity contribution in [3.63, 3.8) is 0 Å². The van der Waals surface area contributed by atoms with Gasteiger partial charge < -0.3 is 19.8 Å². The van der Waals surface area contributed by atoms with E-state index in [9.17, 15) is 4.79 Å². The Kier molecular flexibility index (Phi) is 5.03. The van der Waals surface area contributed by atoms with E-state index in [1.54, 1.807) is 0 Å². The van der Waals surface area contributed by atoms with Crippen LogP contribution in [0.4, 0.5) is 4.79 Å². The van der Waals surface area contributed by atoms with Crippen LogP contribution in [0.5, 0.6) is 0 Å². The van der Waals surface area contributed by atoms with Crippen LogP contribution in [0.1, 0.15) is 0 Å². The van der Waals surface area contributed by atoms with E-state index in [1.807, 2.05) is 0 Å². The Balaban J connectivity index is 0.000000292. The molecule has 0 fully saturated rings. The lowest BCUT2D eigenvalue weighted by atomic mass is 10.5. The molecule has 1 amide bonds. The van der Waals surface area contributed by atoms with E-state index in [0.29, 0.717) is 6.54 Å². The van der Waals surface area contributed by atoms with Gasteiger partial charge in [-0.2, -0.15) is 0 Å². The molecule has 0 aromatic carbocycles. The minimum Gasteiger partial charge on any atom is -0.465 e. The fraction of sp³-hybridized carbons (Fsp3) is 0.200. The maximum Gasteiger partial charge on any atom is 0.466 e. The van der Waals surface area contributed by atoms with Gasteiger partial charge in [0.25, 0.3) is 0 Å². The first kappa shape index (κ1) is 12.8. The first-order valence-corrected chi connectivity index (χ1v) is 4.83. The van der Waals surface area contributed by atoms with Crippen molar-refractivity contribution in [2.24, 2.45) is 4.99 Å². The van der Waals surface area contributed by atoms with Crippen molar-refractivity contribution in [1.82, 2.24) is 4.90 Å². The Hall–Kier alpha value is -1.21. The summed E-state index contributed by atoms with van der Waals surface area (Å²) in [6, 6.07) is 0. The standard InChI is InChI=1S/C5H6N2O2.H3O4P/c8-5(9)7-3-1-6-2-4-7;1-5(2,3)4/h1-3H,4H2,(H,8,9);(H3,1,2,3,4).